The van der Waals surface area contributed by atoms with Gasteiger partial charge in [0.15, 0.2) is 0 Å². The summed E-state index contributed by atoms with van der Waals surface area (Å²) >= 11 is 0. The van der Waals surface area contributed by atoms with E-state index in [0.717, 1.165) is 16.8 Å². The predicted molar refractivity (Wildman–Crippen MR) is 117 cm³/mol. The van der Waals surface area contributed by atoms with E-state index < -0.39 is 0 Å². The Morgan fingerprint density at radius 1 is 1.00 bits per heavy atom. The van der Waals surface area contributed by atoms with Crippen LogP contribution in [0, 0.1) is 12.7 Å². The Balaban J connectivity index is 1.64. The normalized spacial score (nSPS) is 11.3. The van der Waals surface area contributed by atoms with Gasteiger partial charge in [0.25, 0.3) is 0 Å². The zero-order chi connectivity index (χ0) is 20.8. The minimum absolute atomic E-state index is 0.330. The molecule has 2 N–H and O–H groups in total. The number of nitrogens with zero attached hydrogens (tertiary/aromatic N) is 5. The first-order valence-corrected chi connectivity index (χ1v) is 9.54. The van der Waals surface area contributed by atoms with Gasteiger partial charge >= 0.3 is 0 Å². The Bertz CT molecular complexity index is 1370. The van der Waals surface area contributed by atoms with Crippen LogP contribution in [0.15, 0.2) is 54.7 Å². The minimum Gasteiger partial charge on any atom is -0.378 e. The van der Waals surface area contributed by atoms with Gasteiger partial charge in [-0.2, -0.15) is 9.97 Å². The fraction of sp³-hybridized carbons (Fsp3) is 0.136. The number of hydrogen-bond donors (Lipinski definition) is 2. The molecule has 0 atom stereocenters. The summed E-state index contributed by atoms with van der Waals surface area (Å²) in [5.41, 5.74) is 4.02. The lowest BCUT2D eigenvalue weighted by Crippen LogP contribution is -2.08. The van der Waals surface area contributed by atoms with Crippen molar-refractivity contribution in [3.63, 3.8) is 0 Å². The van der Waals surface area contributed by atoms with Crippen molar-refractivity contribution in [2.75, 3.05) is 24.3 Å². The summed E-state index contributed by atoms with van der Waals surface area (Å²) in [5.74, 6) is 1.43. The van der Waals surface area contributed by atoms with Crippen LogP contribution in [-0.2, 0) is 0 Å². The quantitative estimate of drug-likeness (QED) is 0.462. The van der Waals surface area contributed by atoms with E-state index in [1.54, 1.807) is 10.6 Å². The summed E-state index contributed by atoms with van der Waals surface area (Å²) in [6.45, 7) is 1.85. The van der Waals surface area contributed by atoms with Gasteiger partial charge in [-0.1, -0.05) is 0 Å². The first-order valence-electron chi connectivity index (χ1n) is 9.54. The smallest absolute Gasteiger partial charge is 0.239 e. The number of anilines is 3. The monoisotopic (exact) mass is 401 g/mol. The van der Waals surface area contributed by atoms with Crippen molar-refractivity contribution in [1.82, 2.24) is 24.5 Å². The Morgan fingerprint density at radius 3 is 2.57 bits per heavy atom. The highest BCUT2D eigenvalue weighted by Crippen LogP contribution is 2.27. The average molecular weight is 401 g/mol. The second kappa shape index (κ2) is 6.84. The molecule has 0 radical (unpaired) electrons. The molecule has 0 saturated carbocycles. The number of H-pyrrole nitrogens is 1. The molecule has 5 aromatic rings. The van der Waals surface area contributed by atoms with Crippen LogP contribution in [0.1, 0.15) is 5.82 Å². The number of aryl methyl sites for hydroxylation is 1. The van der Waals surface area contributed by atoms with Crippen LogP contribution in [-0.4, -0.2) is 38.6 Å². The van der Waals surface area contributed by atoms with Crippen molar-refractivity contribution < 1.29 is 4.39 Å². The van der Waals surface area contributed by atoms with E-state index in [-0.39, 0.29) is 5.82 Å². The Hall–Kier alpha value is -3.94. The third-order valence-electron chi connectivity index (χ3n) is 5.03. The van der Waals surface area contributed by atoms with Crippen LogP contribution in [0.5, 0.6) is 0 Å². The lowest BCUT2D eigenvalue weighted by molar-refractivity contribution is 0.629. The van der Waals surface area contributed by atoms with E-state index in [1.165, 1.54) is 12.1 Å². The maximum absolute atomic E-state index is 13.9. The predicted octanol–water partition coefficient (Wildman–Crippen LogP) is 4.55. The molecular formula is C22H20FN7. The van der Waals surface area contributed by atoms with Crippen molar-refractivity contribution in [3.8, 4) is 5.95 Å². The maximum Gasteiger partial charge on any atom is 0.239 e. The van der Waals surface area contributed by atoms with Crippen LogP contribution in [0.25, 0.3) is 28.0 Å². The fourth-order valence-corrected chi connectivity index (χ4v) is 3.53. The topological polar surface area (TPSA) is 74.7 Å². The highest BCUT2D eigenvalue weighted by Gasteiger charge is 2.16. The van der Waals surface area contributed by atoms with Crippen LogP contribution in [0.3, 0.4) is 0 Å². The Morgan fingerprint density at radius 2 is 1.80 bits per heavy atom. The number of hydrogen-bond acceptors (Lipinski definition) is 5. The molecule has 0 amide bonds. The van der Waals surface area contributed by atoms with Gasteiger partial charge in [0, 0.05) is 37.7 Å². The Labute approximate surface area is 172 Å². The van der Waals surface area contributed by atoms with Gasteiger partial charge in [-0.3, -0.25) is 4.57 Å². The summed E-state index contributed by atoms with van der Waals surface area (Å²) < 4.78 is 15.7. The first kappa shape index (κ1) is 18.1. The molecule has 30 heavy (non-hydrogen) atoms. The molecule has 0 unspecified atom stereocenters. The van der Waals surface area contributed by atoms with Crippen molar-refractivity contribution in [1.29, 1.82) is 0 Å². The molecule has 7 nitrogen and oxygen atoms in total. The van der Waals surface area contributed by atoms with Gasteiger partial charge in [-0.05, 0) is 49.4 Å². The summed E-state index contributed by atoms with van der Waals surface area (Å²) in [5, 5.41) is 4.25. The SMILES string of the molecule is Cc1nc2ccc(F)cc2n1-c1nc(Nc2ccc(N(C)C)cc2)c2cc[nH]c2n1. The molecule has 0 fully saturated rings. The zero-order valence-corrected chi connectivity index (χ0v) is 16.8. The van der Waals surface area contributed by atoms with Crippen molar-refractivity contribution in [3.05, 3.63) is 66.4 Å². The largest absolute Gasteiger partial charge is 0.378 e. The van der Waals surface area contributed by atoms with E-state index in [1.807, 2.05) is 62.4 Å². The van der Waals surface area contributed by atoms with Gasteiger partial charge in [0.2, 0.25) is 5.95 Å². The zero-order valence-electron chi connectivity index (χ0n) is 16.8. The minimum atomic E-state index is -0.330. The molecule has 5 rings (SSSR count). The maximum atomic E-state index is 13.9. The molecule has 0 aliphatic rings. The highest BCUT2D eigenvalue weighted by molar-refractivity contribution is 5.90. The van der Waals surface area contributed by atoms with Gasteiger partial charge in [-0.25, -0.2) is 9.37 Å². The number of aromatic nitrogens is 5. The average Bonchev–Trinajstić information content (AvgIpc) is 3.31. The second-order valence-corrected chi connectivity index (χ2v) is 7.31. The van der Waals surface area contributed by atoms with Crippen LogP contribution in [0.4, 0.5) is 21.6 Å². The lowest BCUT2D eigenvalue weighted by atomic mass is 10.2. The molecule has 0 aliphatic carbocycles. The first-order chi connectivity index (χ1) is 14.5. The van der Waals surface area contributed by atoms with Crippen LogP contribution in [0.2, 0.25) is 0 Å². The van der Waals surface area contributed by atoms with Crippen molar-refractivity contribution >= 4 is 39.3 Å². The molecule has 0 bridgehead atoms. The number of imidazole rings is 1. The van der Waals surface area contributed by atoms with Crippen molar-refractivity contribution in [2.45, 2.75) is 6.92 Å². The molecule has 8 heteroatoms. The molecule has 0 spiro atoms. The summed E-state index contributed by atoms with van der Waals surface area (Å²) in [7, 11) is 4.01. The number of aromatic amines is 1. The molecule has 2 aromatic carbocycles. The second-order valence-electron chi connectivity index (χ2n) is 7.31. The van der Waals surface area contributed by atoms with E-state index >= 15 is 0 Å². The lowest BCUT2D eigenvalue weighted by Gasteiger charge is -2.14. The molecule has 0 aliphatic heterocycles. The summed E-state index contributed by atoms with van der Waals surface area (Å²) in [4.78, 5) is 19.1. The molecule has 3 aromatic heterocycles. The Kier molecular flexibility index (Phi) is 4.13. The summed E-state index contributed by atoms with van der Waals surface area (Å²) in [6, 6.07) is 14.5. The number of nitrogens with one attached hydrogen (secondary N) is 2. The van der Waals surface area contributed by atoms with Crippen LogP contribution < -0.4 is 10.2 Å². The fourth-order valence-electron chi connectivity index (χ4n) is 3.53. The standard InChI is InChI=1S/C22H20FN7/c1-13-25-18-9-4-14(23)12-19(18)30(13)22-27-20-17(10-11-24-20)21(28-22)26-15-5-7-16(8-6-15)29(2)3/h4-12H,1-3H3,(H2,24,26,27,28). The van der Waals surface area contributed by atoms with Crippen LogP contribution >= 0.6 is 0 Å². The van der Waals surface area contributed by atoms with E-state index in [9.17, 15) is 4.39 Å². The molecule has 150 valence electrons. The number of halogens is 1. The van der Waals surface area contributed by atoms with Crippen molar-refractivity contribution in [2.24, 2.45) is 0 Å². The third kappa shape index (κ3) is 3.02. The third-order valence-corrected chi connectivity index (χ3v) is 5.03. The van der Waals surface area contributed by atoms with Gasteiger partial charge in [-0.15, -0.1) is 0 Å². The highest BCUT2D eigenvalue weighted by atomic mass is 19.1. The molecular weight excluding hydrogens is 381 g/mol. The van der Waals surface area contributed by atoms with E-state index in [2.05, 4.69) is 20.3 Å². The van der Waals surface area contributed by atoms with Gasteiger partial charge < -0.3 is 15.2 Å². The number of rotatable bonds is 4. The van der Waals surface area contributed by atoms with E-state index in [0.29, 0.717) is 34.3 Å². The van der Waals surface area contributed by atoms with Gasteiger partial charge in [0.1, 0.15) is 23.1 Å². The van der Waals surface area contributed by atoms with Gasteiger partial charge in [0.05, 0.1) is 16.4 Å². The summed E-state index contributed by atoms with van der Waals surface area (Å²) in [6.07, 6.45) is 1.82. The number of fused-ring (bicyclic) bond motifs is 2. The molecule has 0 saturated heterocycles. The molecule has 3 heterocycles. The van der Waals surface area contributed by atoms with E-state index in [4.69, 9.17) is 4.98 Å². The number of benzene rings is 2.